The van der Waals surface area contributed by atoms with Crippen LogP contribution in [0.15, 0.2) is 67.0 Å². The van der Waals surface area contributed by atoms with E-state index in [0.29, 0.717) is 48.6 Å². The number of carbonyl (C=O) groups excluding carboxylic acids is 1. The molecule has 1 amide bonds. The van der Waals surface area contributed by atoms with Gasteiger partial charge in [0.2, 0.25) is 0 Å². The van der Waals surface area contributed by atoms with Crippen LogP contribution in [0, 0.1) is 11.3 Å². The molecule has 0 saturated carbocycles. The SMILES string of the molecule is CN1CCN(C(=O)c2ccc(-c3ccc4ncc(-c5ccc(C#N)cc5)n4c3)c(C(F)(F)F)c2)CC1. The van der Waals surface area contributed by atoms with E-state index in [4.69, 9.17) is 5.26 Å². The smallest absolute Gasteiger partial charge is 0.336 e. The lowest BCUT2D eigenvalue weighted by atomic mass is 9.97. The van der Waals surface area contributed by atoms with Crippen LogP contribution in [0.1, 0.15) is 21.5 Å². The van der Waals surface area contributed by atoms with Gasteiger partial charge in [0.1, 0.15) is 5.65 Å². The number of aromatic nitrogens is 2. The van der Waals surface area contributed by atoms with E-state index in [1.807, 2.05) is 7.05 Å². The molecule has 0 spiro atoms. The molecule has 5 rings (SSSR count). The Hall–Kier alpha value is -4.16. The van der Waals surface area contributed by atoms with Gasteiger partial charge in [-0.15, -0.1) is 0 Å². The van der Waals surface area contributed by atoms with Crippen molar-refractivity contribution >= 4 is 11.6 Å². The molecule has 0 N–H and O–H groups in total. The van der Waals surface area contributed by atoms with Crippen molar-refractivity contribution in [1.82, 2.24) is 19.2 Å². The Morgan fingerprint density at radius 3 is 2.33 bits per heavy atom. The molecular formula is C27H22F3N5O. The first-order valence-electron chi connectivity index (χ1n) is 11.4. The summed E-state index contributed by atoms with van der Waals surface area (Å²) >= 11 is 0. The van der Waals surface area contributed by atoms with Gasteiger partial charge in [-0.2, -0.15) is 18.4 Å². The van der Waals surface area contributed by atoms with Crippen molar-refractivity contribution in [2.75, 3.05) is 33.2 Å². The number of benzene rings is 2. The molecule has 3 heterocycles. The predicted molar refractivity (Wildman–Crippen MR) is 129 cm³/mol. The Kier molecular flexibility index (Phi) is 5.98. The highest BCUT2D eigenvalue weighted by Crippen LogP contribution is 2.38. The molecule has 0 unspecified atom stereocenters. The standard InChI is InChI=1S/C27H22F3N5O/c1-33-10-12-34(13-11-33)26(36)20-6-8-22(23(14-20)27(28,29)30)21-7-9-25-32-16-24(35(25)17-21)19-4-2-18(15-31)3-5-19/h2-9,14,16-17H,10-13H2,1H3. The summed E-state index contributed by atoms with van der Waals surface area (Å²) in [7, 11) is 1.95. The van der Waals surface area contributed by atoms with E-state index in [0.717, 1.165) is 11.6 Å². The number of hydrogen-bond acceptors (Lipinski definition) is 4. The summed E-state index contributed by atoms with van der Waals surface area (Å²) < 4.78 is 44.2. The number of piperazine rings is 1. The molecular weight excluding hydrogens is 467 g/mol. The van der Waals surface area contributed by atoms with Gasteiger partial charge in [-0.3, -0.25) is 9.20 Å². The highest BCUT2D eigenvalue weighted by atomic mass is 19.4. The fourth-order valence-electron chi connectivity index (χ4n) is 4.42. The number of nitriles is 1. The number of likely N-dealkylation sites (N-methyl/N-ethyl adjacent to an activating group) is 1. The molecule has 0 radical (unpaired) electrons. The molecule has 0 bridgehead atoms. The molecule has 4 aromatic rings. The topological polar surface area (TPSA) is 64.6 Å². The van der Waals surface area contributed by atoms with E-state index in [-0.39, 0.29) is 11.1 Å². The minimum atomic E-state index is -4.65. The van der Waals surface area contributed by atoms with Crippen LogP contribution >= 0.6 is 0 Å². The van der Waals surface area contributed by atoms with Crippen molar-refractivity contribution in [3.05, 3.63) is 83.7 Å². The summed E-state index contributed by atoms with van der Waals surface area (Å²) in [5.41, 5.74) is 2.05. The van der Waals surface area contributed by atoms with Crippen molar-refractivity contribution in [3.8, 4) is 28.5 Å². The number of carbonyl (C=O) groups is 1. The highest BCUT2D eigenvalue weighted by Gasteiger charge is 2.35. The average Bonchev–Trinajstić information content (AvgIpc) is 3.31. The van der Waals surface area contributed by atoms with Gasteiger partial charge in [0.25, 0.3) is 5.91 Å². The summed E-state index contributed by atoms with van der Waals surface area (Å²) in [6.07, 6.45) is -1.39. The zero-order valence-corrected chi connectivity index (χ0v) is 19.5. The van der Waals surface area contributed by atoms with Gasteiger partial charge in [0, 0.05) is 43.5 Å². The molecule has 9 heteroatoms. The molecule has 6 nitrogen and oxygen atoms in total. The number of imidazole rings is 1. The number of halogens is 3. The van der Waals surface area contributed by atoms with Crippen molar-refractivity contribution in [3.63, 3.8) is 0 Å². The number of alkyl halides is 3. The molecule has 182 valence electrons. The lowest BCUT2D eigenvalue weighted by Crippen LogP contribution is -2.47. The van der Waals surface area contributed by atoms with Crippen molar-refractivity contribution in [2.24, 2.45) is 0 Å². The van der Waals surface area contributed by atoms with Crippen LogP contribution in [-0.2, 0) is 6.18 Å². The maximum atomic E-state index is 14.2. The molecule has 1 aliphatic heterocycles. The quantitative estimate of drug-likeness (QED) is 0.409. The maximum absolute atomic E-state index is 14.2. The zero-order chi connectivity index (χ0) is 25.4. The van der Waals surface area contributed by atoms with E-state index in [2.05, 4.69) is 16.0 Å². The number of nitrogens with zero attached hydrogens (tertiary/aromatic N) is 5. The van der Waals surface area contributed by atoms with Crippen molar-refractivity contribution < 1.29 is 18.0 Å². The molecule has 2 aromatic heterocycles. The molecule has 2 aromatic carbocycles. The fraction of sp³-hybridized carbons (Fsp3) is 0.222. The van der Waals surface area contributed by atoms with E-state index in [1.54, 1.807) is 58.1 Å². The van der Waals surface area contributed by atoms with Crippen LogP contribution in [0.5, 0.6) is 0 Å². The van der Waals surface area contributed by atoms with Gasteiger partial charge in [0.05, 0.1) is 29.1 Å². The second-order valence-corrected chi connectivity index (χ2v) is 8.83. The van der Waals surface area contributed by atoms with Gasteiger partial charge < -0.3 is 9.80 Å². The molecule has 1 aliphatic rings. The average molecular weight is 490 g/mol. The minimum absolute atomic E-state index is 0.0150. The third-order valence-corrected chi connectivity index (χ3v) is 6.49. The molecule has 0 aliphatic carbocycles. The third-order valence-electron chi connectivity index (χ3n) is 6.49. The summed E-state index contributed by atoms with van der Waals surface area (Å²) in [6, 6.07) is 16.0. The number of pyridine rings is 1. The van der Waals surface area contributed by atoms with Crippen LogP contribution in [0.2, 0.25) is 0 Å². The fourth-order valence-corrected chi connectivity index (χ4v) is 4.42. The number of fused-ring (bicyclic) bond motifs is 1. The van der Waals surface area contributed by atoms with Gasteiger partial charge in [-0.05, 0) is 54.6 Å². The Bertz CT molecular complexity index is 1480. The van der Waals surface area contributed by atoms with E-state index in [1.165, 1.54) is 12.1 Å². The van der Waals surface area contributed by atoms with Crippen LogP contribution in [0.4, 0.5) is 13.2 Å². The summed E-state index contributed by atoms with van der Waals surface area (Å²) in [6.45, 7) is 2.33. The molecule has 1 saturated heterocycles. The first-order valence-corrected chi connectivity index (χ1v) is 11.4. The van der Waals surface area contributed by atoms with Crippen LogP contribution in [0.3, 0.4) is 0 Å². The molecule has 1 fully saturated rings. The van der Waals surface area contributed by atoms with Gasteiger partial charge >= 0.3 is 6.18 Å². The summed E-state index contributed by atoms with van der Waals surface area (Å²) in [5, 5.41) is 9.04. The van der Waals surface area contributed by atoms with Crippen LogP contribution in [0.25, 0.3) is 28.0 Å². The van der Waals surface area contributed by atoms with Crippen LogP contribution < -0.4 is 0 Å². The number of rotatable bonds is 3. The Labute approximate surface area is 205 Å². The third kappa shape index (κ3) is 4.43. The normalized spacial score (nSPS) is 14.7. The molecule has 36 heavy (non-hydrogen) atoms. The summed E-state index contributed by atoms with van der Waals surface area (Å²) in [5.74, 6) is -0.395. The zero-order valence-electron chi connectivity index (χ0n) is 19.5. The lowest BCUT2D eigenvalue weighted by Gasteiger charge is -2.32. The predicted octanol–water partition coefficient (Wildman–Crippen LogP) is 4.95. The van der Waals surface area contributed by atoms with Crippen molar-refractivity contribution in [1.29, 1.82) is 5.26 Å². The second kappa shape index (κ2) is 9.13. The maximum Gasteiger partial charge on any atom is 0.417 e. The Morgan fingerprint density at radius 2 is 1.67 bits per heavy atom. The van der Waals surface area contributed by atoms with Crippen molar-refractivity contribution in [2.45, 2.75) is 6.18 Å². The first kappa shape index (κ1) is 23.6. The monoisotopic (exact) mass is 489 g/mol. The first-order chi connectivity index (χ1) is 17.2. The highest BCUT2D eigenvalue weighted by molar-refractivity contribution is 5.95. The summed E-state index contributed by atoms with van der Waals surface area (Å²) in [4.78, 5) is 21.0. The number of hydrogen-bond donors (Lipinski definition) is 0. The molecule has 0 atom stereocenters. The Morgan fingerprint density at radius 1 is 0.972 bits per heavy atom. The van der Waals surface area contributed by atoms with E-state index >= 15 is 0 Å². The second-order valence-electron chi connectivity index (χ2n) is 8.83. The minimum Gasteiger partial charge on any atom is -0.336 e. The van der Waals surface area contributed by atoms with E-state index in [9.17, 15) is 18.0 Å². The lowest BCUT2D eigenvalue weighted by molar-refractivity contribution is -0.137. The van der Waals surface area contributed by atoms with Gasteiger partial charge in [-0.1, -0.05) is 18.2 Å². The number of amides is 1. The van der Waals surface area contributed by atoms with Crippen LogP contribution in [-0.4, -0.2) is 58.3 Å². The Balaban J connectivity index is 1.55. The largest absolute Gasteiger partial charge is 0.417 e. The van der Waals surface area contributed by atoms with Gasteiger partial charge in [-0.25, -0.2) is 4.98 Å². The van der Waals surface area contributed by atoms with E-state index < -0.39 is 17.6 Å². The van der Waals surface area contributed by atoms with Gasteiger partial charge in [0.15, 0.2) is 0 Å².